The van der Waals surface area contributed by atoms with E-state index >= 15 is 0 Å². The molecule has 0 radical (unpaired) electrons. The third-order valence-corrected chi connectivity index (χ3v) is 3.05. The molecule has 0 fully saturated rings. The van der Waals surface area contributed by atoms with Gasteiger partial charge in [-0.1, -0.05) is 47.1 Å². The average Bonchev–Trinajstić information content (AvgIpc) is 2.50. The standard InChI is InChI=1S/C16H14ClNO2/c1-20-15-9-2-12(3-10-15)4-11-16(18-19)13-5-7-14(17)8-6-13/h2-11,19H,1H3/b11-4+,18-16+. The minimum Gasteiger partial charge on any atom is -0.497 e. The lowest BCUT2D eigenvalue weighted by Gasteiger charge is -2.01. The molecule has 2 rings (SSSR count). The molecule has 0 aliphatic rings. The lowest BCUT2D eigenvalue weighted by Crippen LogP contribution is -1.95. The lowest BCUT2D eigenvalue weighted by molar-refractivity contribution is 0.320. The first-order valence-corrected chi connectivity index (χ1v) is 6.41. The molecule has 20 heavy (non-hydrogen) atoms. The third-order valence-electron chi connectivity index (χ3n) is 2.80. The minimum atomic E-state index is 0.470. The maximum absolute atomic E-state index is 9.09. The molecule has 2 aromatic carbocycles. The highest BCUT2D eigenvalue weighted by Gasteiger charge is 2.00. The summed E-state index contributed by atoms with van der Waals surface area (Å²) < 4.78 is 5.10. The van der Waals surface area contributed by atoms with Gasteiger partial charge in [0.15, 0.2) is 0 Å². The molecule has 2 aromatic rings. The summed E-state index contributed by atoms with van der Waals surface area (Å²) in [4.78, 5) is 0. The van der Waals surface area contributed by atoms with Crippen LogP contribution in [0.4, 0.5) is 0 Å². The van der Waals surface area contributed by atoms with Gasteiger partial charge in [0.25, 0.3) is 0 Å². The van der Waals surface area contributed by atoms with E-state index in [-0.39, 0.29) is 0 Å². The van der Waals surface area contributed by atoms with E-state index in [1.807, 2.05) is 30.3 Å². The zero-order valence-electron chi connectivity index (χ0n) is 11.0. The number of allylic oxidation sites excluding steroid dienone is 1. The SMILES string of the molecule is COc1ccc(/C=C/C(=N\O)c2ccc(Cl)cc2)cc1. The first-order valence-electron chi connectivity index (χ1n) is 6.03. The van der Waals surface area contributed by atoms with Crippen LogP contribution >= 0.6 is 11.6 Å². The highest BCUT2D eigenvalue weighted by atomic mass is 35.5. The van der Waals surface area contributed by atoms with Crippen molar-refractivity contribution in [2.45, 2.75) is 0 Å². The van der Waals surface area contributed by atoms with E-state index in [0.717, 1.165) is 16.9 Å². The molecule has 0 spiro atoms. The molecule has 0 heterocycles. The van der Waals surface area contributed by atoms with Crippen LogP contribution in [0.1, 0.15) is 11.1 Å². The Balaban J connectivity index is 2.17. The van der Waals surface area contributed by atoms with Crippen LogP contribution in [0.25, 0.3) is 6.08 Å². The van der Waals surface area contributed by atoms with Gasteiger partial charge in [-0.15, -0.1) is 0 Å². The number of ether oxygens (including phenoxy) is 1. The number of oxime groups is 1. The van der Waals surface area contributed by atoms with Crippen LogP contribution in [0.3, 0.4) is 0 Å². The molecule has 0 amide bonds. The van der Waals surface area contributed by atoms with Gasteiger partial charge in [0.2, 0.25) is 0 Å². The van der Waals surface area contributed by atoms with Crippen LogP contribution in [0.2, 0.25) is 5.02 Å². The average molecular weight is 288 g/mol. The van der Waals surface area contributed by atoms with E-state index in [1.54, 1.807) is 37.5 Å². The van der Waals surface area contributed by atoms with E-state index in [2.05, 4.69) is 5.16 Å². The maximum atomic E-state index is 9.09. The normalized spacial score (nSPS) is 11.8. The van der Waals surface area contributed by atoms with Crippen LogP contribution < -0.4 is 4.74 Å². The van der Waals surface area contributed by atoms with E-state index in [0.29, 0.717) is 10.7 Å². The second-order valence-corrected chi connectivity index (χ2v) is 4.54. The molecule has 0 saturated heterocycles. The van der Waals surface area contributed by atoms with E-state index in [9.17, 15) is 0 Å². The number of halogens is 1. The Morgan fingerprint density at radius 2 is 1.75 bits per heavy atom. The van der Waals surface area contributed by atoms with Crippen LogP contribution in [0.5, 0.6) is 5.75 Å². The van der Waals surface area contributed by atoms with Crippen molar-refractivity contribution in [1.82, 2.24) is 0 Å². The second-order valence-electron chi connectivity index (χ2n) is 4.10. The topological polar surface area (TPSA) is 41.8 Å². The zero-order valence-corrected chi connectivity index (χ0v) is 11.7. The van der Waals surface area contributed by atoms with Crippen molar-refractivity contribution in [1.29, 1.82) is 0 Å². The molecule has 102 valence electrons. The Morgan fingerprint density at radius 3 is 2.30 bits per heavy atom. The van der Waals surface area contributed by atoms with Crippen molar-refractivity contribution in [3.63, 3.8) is 0 Å². The summed E-state index contributed by atoms with van der Waals surface area (Å²) >= 11 is 5.83. The molecule has 3 nitrogen and oxygen atoms in total. The number of benzene rings is 2. The number of nitrogens with zero attached hydrogens (tertiary/aromatic N) is 1. The minimum absolute atomic E-state index is 0.470. The molecule has 0 aliphatic heterocycles. The highest BCUT2D eigenvalue weighted by molar-refractivity contribution is 6.30. The van der Waals surface area contributed by atoms with Crippen LogP contribution in [-0.2, 0) is 0 Å². The van der Waals surface area contributed by atoms with Gasteiger partial charge in [-0.25, -0.2) is 0 Å². The third kappa shape index (κ3) is 3.62. The summed E-state index contributed by atoms with van der Waals surface area (Å²) in [6, 6.07) is 14.7. The molecule has 0 aromatic heterocycles. The summed E-state index contributed by atoms with van der Waals surface area (Å²) in [5.74, 6) is 0.802. The summed E-state index contributed by atoms with van der Waals surface area (Å²) in [6.45, 7) is 0. The van der Waals surface area contributed by atoms with Gasteiger partial charge in [-0.3, -0.25) is 0 Å². The van der Waals surface area contributed by atoms with Crippen LogP contribution in [-0.4, -0.2) is 18.0 Å². The van der Waals surface area contributed by atoms with Crippen molar-refractivity contribution in [3.8, 4) is 5.75 Å². The quantitative estimate of drug-likeness (QED) is 0.519. The largest absolute Gasteiger partial charge is 0.497 e. The van der Waals surface area contributed by atoms with Gasteiger partial charge >= 0.3 is 0 Å². The molecule has 0 atom stereocenters. The van der Waals surface area contributed by atoms with Gasteiger partial charge < -0.3 is 9.94 Å². The fourth-order valence-electron chi connectivity index (χ4n) is 1.70. The number of rotatable bonds is 4. The lowest BCUT2D eigenvalue weighted by atomic mass is 10.1. The Morgan fingerprint density at radius 1 is 1.10 bits per heavy atom. The van der Waals surface area contributed by atoms with Crippen molar-refractivity contribution in [2.75, 3.05) is 7.11 Å². The first kappa shape index (κ1) is 14.2. The molecule has 0 saturated carbocycles. The van der Waals surface area contributed by atoms with Crippen molar-refractivity contribution in [2.24, 2.45) is 5.16 Å². The number of hydrogen-bond donors (Lipinski definition) is 1. The van der Waals surface area contributed by atoms with Gasteiger partial charge in [0.1, 0.15) is 11.5 Å². The van der Waals surface area contributed by atoms with Gasteiger partial charge in [-0.05, 0) is 35.9 Å². The first-order chi connectivity index (χ1) is 9.72. The van der Waals surface area contributed by atoms with Gasteiger partial charge in [0.05, 0.1) is 7.11 Å². The van der Waals surface area contributed by atoms with Crippen molar-refractivity contribution in [3.05, 3.63) is 70.8 Å². The second kappa shape index (κ2) is 6.78. The maximum Gasteiger partial charge on any atom is 0.118 e. The fourth-order valence-corrected chi connectivity index (χ4v) is 1.82. The Hall–Kier alpha value is -2.26. The number of hydrogen-bond acceptors (Lipinski definition) is 3. The van der Waals surface area contributed by atoms with Crippen LogP contribution in [0, 0.1) is 0 Å². The predicted molar refractivity (Wildman–Crippen MR) is 81.8 cm³/mol. The number of methoxy groups -OCH3 is 1. The summed E-state index contributed by atoms with van der Waals surface area (Å²) in [5, 5.41) is 13.0. The summed E-state index contributed by atoms with van der Waals surface area (Å²) in [6.07, 6.45) is 3.61. The van der Waals surface area contributed by atoms with E-state index in [1.165, 1.54) is 0 Å². The zero-order chi connectivity index (χ0) is 14.4. The molecule has 4 heteroatoms. The monoisotopic (exact) mass is 287 g/mol. The fraction of sp³-hybridized carbons (Fsp3) is 0.0625. The molecule has 0 bridgehead atoms. The molecular formula is C16H14ClNO2. The Bertz CT molecular complexity index is 616. The van der Waals surface area contributed by atoms with Gasteiger partial charge in [0, 0.05) is 10.6 Å². The van der Waals surface area contributed by atoms with Gasteiger partial charge in [-0.2, -0.15) is 0 Å². The van der Waals surface area contributed by atoms with E-state index < -0.39 is 0 Å². The van der Waals surface area contributed by atoms with E-state index in [4.69, 9.17) is 21.5 Å². The molecule has 0 unspecified atom stereocenters. The predicted octanol–water partition coefficient (Wildman–Crippen LogP) is 4.24. The highest BCUT2D eigenvalue weighted by Crippen LogP contribution is 2.14. The Kier molecular flexibility index (Phi) is 4.80. The summed E-state index contributed by atoms with van der Waals surface area (Å²) in [7, 11) is 1.63. The summed E-state index contributed by atoms with van der Waals surface area (Å²) in [5.41, 5.74) is 2.25. The molecular weight excluding hydrogens is 274 g/mol. The molecule has 1 N–H and O–H groups in total. The van der Waals surface area contributed by atoms with Crippen molar-refractivity contribution < 1.29 is 9.94 Å². The Labute approximate surface area is 122 Å². The smallest absolute Gasteiger partial charge is 0.118 e. The van der Waals surface area contributed by atoms with Crippen LogP contribution in [0.15, 0.2) is 59.8 Å². The molecule has 0 aliphatic carbocycles. The van der Waals surface area contributed by atoms with Crippen molar-refractivity contribution >= 4 is 23.4 Å².